The third-order valence-corrected chi connectivity index (χ3v) is 5.41. The first-order valence-electron chi connectivity index (χ1n) is 8.56. The van der Waals surface area contributed by atoms with E-state index in [2.05, 4.69) is 16.1 Å². The third-order valence-electron chi connectivity index (χ3n) is 3.74. The van der Waals surface area contributed by atoms with E-state index < -0.39 is 15.6 Å². The summed E-state index contributed by atoms with van der Waals surface area (Å²) < 4.78 is 26.7. The fraction of sp³-hybridized carbons (Fsp3) is 0.556. The van der Waals surface area contributed by atoms with Crippen LogP contribution >= 0.6 is 0 Å². The zero-order chi connectivity index (χ0) is 19.1. The van der Waals surface area contributed by atoms with Crippen LogP contribution in [0.2, 0.25) is 0 Å². The van der Waals surface area contributed by atoms with Crippen LogP contribution in [0.4, 0.5) is 0 Å². The van der Waals surface area contributed by atoms with Crippen molar-refractivity contribution in [1.29, 1.82) is 5.26 Å². The molecule has 138 valence electrons. The topological polar surface area (TPSA) is 99.1 Å². The Labute approximate surface area is 150 Å². The summed E-state index contributed by atoms with van der Waals surface area (Å²) in [6, 6.07) is 7.74. The molecule has 1 aromatic carbocycles. The second-order valence-electron chi connectivity index (χ2n) is 6.45. The van der Waals surface area contributed by atoms with E-state index in [-0.39, 0.29) is 16.8 Å². The van der Waals surface area contributed by atoms with Crippen molar-refractivity contribution in [2.24, 2.45) is 0 Å². The number of carbonyl (C=O) groups excluding carboxylic acids is 1. The largest absolute Gasteiger partial charge is 0.334 e. The molecule has 0 heterocycles. The van der Waals surface area contributed by atoms with Gasteiger partial charge in [0.1, 0.15) is 5.54 Å². The number of hydrogen-bond donors (Lipinski definition) is 2. The minimum atomic E-state index is -3.59. The van der Waals surface area contributed by atoms with Crippen molar-refractivity contribution in [1.82, 2.24) is 10.0 Å². The maximum Gasteiger partial charge on any atom is 0.252 e. The normalized spacial score (nSPS) is 12.0. The second-order valence-corrected chi connectivity index (χ2v) is 8.16. The summed E-state index contributed by atoms with van der Waals surface area (Å²) in [5.41, 5.74) is -0.555. The number of amides is 1. The third kappa shape index (κ3) is 5.83. The van der Waals surface area contributed by atoms with E-state index >= 15 is 0 Å². The summed E-state index contributed by atoms with van der Waals surface area (Å²) in [6.45, 7) is 7.41. The molecular weight excluding hydrogens is 338 g/mol. The van der Waals surface area contributed by atoms with E-state index in [0.717, 1.165) is 12.8 Å². The molecule has 0 aromatic heterocycles. The Kier molecular flexibility index (Phi) is 7.59. The van der Waals surface area contributed by atoms with Gasteiger partial charge in [0.25, 0.3) is 5.91 Å². The molecule has 0 bridgehead atoms. The molecule has 25 heavy (non-hydrogen) atoms. The predicted octanol–water partition coefficient (Wildman–Crippen LogP) is 2.97. The summed E-state index contributed by atoms with van der Waals surface area (Å²) in [6.07, 6.45) is 2.72. The summed E-state index contributed by atoms with van der Waals surface area (Å²) in [5, 5.41) is 12.3. The van der Waals surface area contributed by atoms with Gasteiger partial charge in [0.05, 0.1) is 11.0 Å². The Morgan fingerprint density at radius 1 is 1.16 bits per heavy atom. The molecule has 0 unspecified atom stereocenters. The summed E-state index contributed by atoms with van der Waals surface area (Å²) in [7, 11) is -3.59. The molecule has 0 atom stereocenters. The van der Waals surface area contributed by atoms with Crippen molar-refractivity contribution in [3.05, 3.63) is 29.8 Å². The van der Waals surface area contributed by atoms with Crippen LogP contribution in [0.15, 0.2) is 29.2 Å². The monoisotopic (exact) mass is 365 g/mol. The zero-order valence-electron chi connectivity index (χ0n) is 15.3. The van der Waals surface area contributed by atoms with Crippen LogP contribution < -0.4 is 10.0 Å². The quantitative estimate of drug-likeness (QED) is 0.703. The number of carbonyl (C=O) groups is 1. The molecule has 0 aliphatic carbocycles. The summed E-state index contributed by atoms with van der Waals surface area (Å²) in [4.78, 5) is 12.6. The number of nitrogens with zero attached hydrogens (tertiary/aromatic N) is 1. The number of nitriles is 1. The molecule has 7 heteroatoms. The van der Waals surface area contributed by atoms with Crippen LogP contribution in [0, 0.1) is 11.3 Å². The number of sulfonamides is 1. The first-order chi connectivity index (χ1) is 11.7. The van der Waals surface area contributed by atoms with Crippen molar-refractivity contribution >= 4 is 15.9 Å². The average Bonchev–Trinajstić information content (AvgIpc) is 2.54. The Balaban J connectivity index is 2.98. The second kappa shape index (κ2) is 8.97. The highest BCUT2D eigenvalue weighted by atomic mass is 32.2. The molecule has 1 aromatic rings. The Morgan fingerprint density at radius 2 is 1.68 bits per heavy atom. The molecule has 0 aliphatic heterocycles. The molecule has 0 fully saturated rings. The van der Waals surface area contributed by atoms with E-state index in [1.54, 1.807) is 13.8 Å². The molecular formula is C18H27N3O3S. The van der Waals surface area contributed by atoms with Gasteiger partial charge in [0.2, 0.25) is 10.0 Å². The van der Waals surface area contributed by atoms with E-state index in [1.165, 1.54) is 24.3 Å². The Hall–Kier alpha value is -1.91. The van der Waals surface area contributed by atoms with Gasteiger partial charge in [-0.05, 0) is 51.0 Å². The minimum absolute atomic E-state index is 0.103. The van der Waals surface area contributed by atoms with Crippen LogP contribution in [0.1, 0.15) is 63.7 Å². The summed E-state index contributed by atoms with van der Waals surface area (Å²) in [5.74, 6) is -0.371. The molecule has 0 aliphatic rings. The fourth-order valence-electron chi connectivity index (χ4n) is 2.70. The SMILES string of the molecule is CCCC(C#N)(CCC)NC(=O)c1ccc(S(=O)(=O)NC(C)C)cc1. The molecule has 6 nitrogen and oxygen atoms in total. The number of rotatable bonds is 9. The van der Waals surface area contributed by atoms with Crippen molar-refractivity contribution < 1.29 is 13.2 Å². The Bertz CT molecular complexity index is 713. The lowest BCUT2D eigenvalue weighted by Gasteiger charge is -2.27. The number of benzene rings is 1. The standard InChI is InChI=1S/C18H27N3O3S/c1-5-11-18(13-19,12-6-2)20-17(22)15-7-9-16(10-8-15)25(23,24)21-14(3)4/h7-10,14,21H,5-6,11-12H2,1-4H3,(H,20,22). The van der Waals surface area contributed by atoms with Gasteiger partial charge in [0.15, 0.2) is 0 Å². The molecule has 0 saturated heterocycles. The predicted molar refractivity (Wildman–Crippen MR) is 97.5 cm³/mol. The van der Waals surface area contributed by atoms with Crippen molar-refractivity contribution in [3.63, 3.8) is 0 Å². The number of nitrogens with one attached hydrogen (secondary N) is 2. The van der Waals surface area contributed by atoms with Crippen molar-refractivity contribution in [2.45, 2.75) is 69.9 Å². The molecule has 1 amide bonds. The van der Waals surface area contributed by atoms with Gasteiger partial charge in [0, 0.05) is 11.6 Å². The van der Waals surface area contributed by atoms with Crippen molar-refractivity contribution in [3.8, 4) is 6.07 Å². The highest BCUT2D eigenvalue weighted by molar-refractivity contribution is 7.89. The van der Waals surface area contributed by atoms with Gasteiger partial charge in [-0.3, -0.25) is 4.79 Å². The molecule has 0 spiro atoms. The van der Waals surface area contributed by atoms with Gasteiger partial charge >= 0.3 is 0 Å². The van der Waals surface area contributed by atoms with Gasteiger partial charge in [-0.2, -0.15) is 5.26 Å². The lowest BCUT2D eigenvalue weighted by Crippen LogP contribution is -2.47. The van der Waals surface area contributed by atoms with Crippen LogP contribution in [-0.4, -0.2) is 25.9 Å². The smallest absolute Gasteiger partial charge is 0.252 e. The fourth-order valence-corrected chi connectivity index (χ4v) is 3.95. The van der Waals surface area contributed by atoms with Crippen LogP contribution in [-0.2, 0) is 10.0 Å². The van der Waals surface area contributed by atoms with Gasteiger partial charge < -0.3 is 5.32 Å². The molecule has 1 rings (SSSR count). The van der Waals surface area contributed by atoms with E-state index in [9.17, 15) is 18.5 Å². The highest BCUT2D eigenvalue weighted by Gasteiger charge is 2.30. The van der Waals surface area contributed by atoms with Crippen LogP contribution in [0.25, 0.3) is 0 Å². The van der Waals surface area contributed by atoms with Crippen molar-refractivity contribution in [2.75, 3.05) is 0 Å². The van der Waals surface area contributed by atoms with Gasteiger partial charge in [-0.15, -0.1) is 0 Å². The first kappa shape index (κ1) is 21.1. The molecule has 0 radical (unpaired) electrons. The first-order valence-corrected chi connectivity index (χ1v) is 10.0. The lowest BCUT2D eigenvalue weighted by atomic mass is 9.90. The van der Waals surface area contributed by atoms with E-state index in [1.807, 2.05) is 13.8 Å². The van der Waals surface area contributed by atoms with E-state index in [4.69, 9.17) is 0 Å². The van der Waals surface area contributed by atoms with Crippen LogP contribution in [0.3, 0.4) is 0 Å². The van der Waals surface area contributed by atoms with Gasteiger partial charge in [-0.25, -0.2) is 13.1 Å². The van der Waals surface area contributed by atoms with Gasteiger partial charge in [-0.1, -0.05) is 26.7 Å². The minimum Gasteiger partial charge on any atom is -0.334 e. The highest BCUT2D eigenvalue weighted by Crippen LogP contribution is 2.20. The van der Waals surface area contributed by atoms with E-state index in [0.29, 0.717) is 18.4 Å². The maximum absolute atomic E-state index is 12.5. The number of hydrogen-bond acceptors (Lipinski definition) is 4. The molecule has 0 saturated carbocycles. The maximum atomic E-state index is 12.5. The average molecular weight is 365 g/mol. The lowest BCUT2D eigenvalue weighted by molar-refractivity contribution is 0.0911. The summed E-state index contributed by atoms with van der Waals surface area (Å²) >= 11 is 0. The Morgan fingerprint density at radius 3 is 2.08 bits per heavy atom. The van der Waals surface area contributed by atoms with Crippen LogP contribution in [0.5, 0.6) is 0 Å². The zero-order valence-corrected chi connectivity index (χ0v) is 16.1. The molecule has 2 N–H and O–H groups in total.